The summed E-state index contributed by atoms with van der Waals surface area (Å²) in [6.07, 6.45) is 1.29. The first kappa shape index (κ1) is 24.9. The Kier molecular flexibility index (Phi) is 8.97. The molecule has 7 nitrogen and oxygen atoms in total. The van der Waals surface area contributed by atoms with Gasteiger partial charge in [0.05, 0.1) is 20.3 Å². The molecule has 1 amide bonds. The maximum absolute atomic E-state index is 13.4. The minimum absolute atomic E-state index is 0.101. The molecule has 0 saturated carbocycles. The first-order chi connectivity index (χ1) is 16.0. The number of hydrogen-bond donors (Lipinski definition) is 2. The third-order valence-corrected chi connectivity index (χ3v) is 6.38. The summed E-state index contributed by atoms with van der Waals surface area (Å²) in [6, 6.07) is 11.6. The van der Waals surface area contributed by atoms with Crippen molar-refractivity contribution in [1.82, 2.24) is 10.2 Å². The third kappa shape index (κ3) is 6.18. The van der Waals surface area contributed by atoms with Crippen LogP contribution in [0.4, 0.5) is 5.69 Å². The predicted octanol–water partition coefficient (Wildman–Crippen LogP) is 3.26. The first-order valence-electron chi connectivity index (χ1n) is 11.7. The summed E-state index contributed by atoms with van der Waals surface area (Å²) in [4.78, 5) is 18.1. The van der Waals surface area contributed by atoms with Gasteiger partial charge in [0.1, 0.15) is 0 Å². The Labute approximate surface area is 197 Å². The van der Waals surface area contributed by atoms with E-state index in [4.69, 9.17) is 9.47 Å². The number of nitrogens with one attached hydrogen (secondary N) is 1. The number of amides is 1. The van der Waals surface area contributed by atoms with Crippen LogP contribution in [0.15, 0.2) is 36.4 Å². The lowest BCUT2D eigenvalue weighted by Crippen LogP contribution is -2.46. The molecule has 0 bridgehead atoms. The zero-order valence-electron chi connectivity index (χ0n) is 20.3. The summed E-state index contributed by atoms with van der Waals surface area (Å²) in [6.45, 7) is 9.27. The molecule has 33 heavy (non-hydrogen) atoms. The van der Waals surface area contributed by atoms with Crippen LogP contribution in [0.1, 0.15) is 47.8 Å². The van der Waals surface area contributed by atoms with Crippen LogP contribution >= 0.6 is 0 Å². The largest absolute Gasteiger partial charge is 0.493 e. The van der Waals surface area contributed by atoms with Gasteiger partial charge in [-0.3, -0.25) is 4.79 Å². The van der Waals surface area contributed by atoms with Crippen LogP contribution < -0.4 is 19.7 Å². The molecule has 0 spiro atoms. The number of methoxy groups -OCH3 is 2. The Morgan fingerprint density at radius 1 is 1.06 bits per heavy atom. The second-order valence-corrected chi connectivity index (χ2v) is 8.40. The van der Waals surface area contributed by atoms with Crippen molar-refractivity contribution in [2.45, 2.75) is 32.7 Å². The fourth-order valence-electron chi connectivity index (χ4n) is 4.26. The van der Waals surface area contributed by atoms with Crippen LogP contribution in [0, 0.1) is 0 Å². The van der Waals surface area contributed by atoms with Gasteiger partial charge in [-0.2, -0.15) is 0 Å². The molecule has 1 saturated heterocycles. The van der Waals surface area contributed by atoms with Crippen LogP contribution in [0.3, 0.4) is 0 Å². The second kappa shape index (κ2) is 11.9. The molecular formula is C26H37N3O4. The van der Waals surface area contributed by atoms with Gasteiger partial charge >= 0.3 is 0 Å². The molecule has 1 aliphatic heterocycles. The summed E-state index contributed by atoms with van der Waals surface area (Å²) in [5, 5.41) is 12.5. The number of rotatable bonds is 10. The number of anilines is 1. The SMILES string of the molecule is CCN1CCN(c2ccc(CCCO)c(C(=O)NC(C)c3ccc(OC)c(OC)c3)c2)CC1. The topological polar surface area (TPSA) is 74.3 Å². The minimum Gasteiger partial charge on any atom is -0.493 e. The number of ether oxygens (including phenoxy) is 2. The van der Waals surface area contributed by atoms with Crippen LogP contribution in [-0.2, 0) is 6.42 Å². The molecule has 180 valence electrons. The van der Waals surface area contributed by atoms with Gasteiger partial charge in [0.15, 0.2) is 11.5 Å². The van der Waals surface area contributed by atoms with E-state index in [1.54, 1.807) is 14.2 Å². The van der Waals surface area contributed by atoms with Crippen molar-refractivity contribution in [3.05, 3.63) is 53.1 Å². The fraction of sp³-hybridized carbons (Fsp3) is 0.500. The van der Waals surface area contributed by atoms with E-state index in [1.165, 1.54) is 0 Å². The Hall–Kier alpha value is -2.77. The maximum atomic E-state index is 13.4. The Balaban J connectivity index is 1.80. The predicted molar refractivity (Wildman–Crippen MR) is 132 cm³/mol. The minimum atomic E-state index is -0.209. The van der Waals surface area contributed by atoms with Crippen LogP contribution in [-0.4, -0.2) is 69.5 Å². The third-order valence-electron chi connectivity index (χ3n) is 6.38. The van der Waals surface area contributed by atoms with Gasteiger partial charge in [0.25, 0.3) is 5.91 Å². The van der Waals surface area contributed by atoms with Gasteiger partial charge in [0, 0.05) is 44.0 Å². The summed E-state index contributed by atoms with van der Waals surface area (Å²) in [5.41, 5.74) is 3.63. The molecule has 2 aromatic carbocycles. The van der Waals surface area contributed by atoms with E-state index >= 15 is 0 Å². The number of piperazine rings is 1. The van der Waals surface area contributed by atoms with E-state index in [9.17, 15) is 9.90 Å². The Morgan fingerprint density at radius 2 is 1.79 bits per heavy atom. The number of aliphatic hydroxyl groups excluding tert-OH is 1. The number of hydrogen-bond acceptors (Lipinski definition) is 6. The number of carbonyl (C=O) groups is 1. The van der Waals surface area contributed by atoms with Gasteiger partial charge in [-0.25, -0.2) is 0 Å². The van der Waals surface area contributed by atoms with Gasteiger partial charge in [0.2, 0.25) is 0 Å². The van der Waals surface area contributed by atoms with E-state index in [2.05, 4.69) is 28.1 Å². The van der Waals surface area contributed by atoms with Crippen LogP contribution in [0.25, 0.3) is 0 Å². The Morgan fingerprint density at radius 3 is 2.42 bits per heavy atom. The number of aryl methyl sites for hydroxylation is 1. The van der Waals surface area contributed by atoms with Crippen molar-refractivity contribution in [3.63, 3.8) is 0 Å². The summed E-state index contributed by atoms with van der Waals surface area (Å²) < 4.78 is 10.7. The van der Waals surface area contributed by atoms with Crippen molar-refractivity contribution in [1.29, 1.82) is 0 Å². The molecule has 1 heterocycles. The molecule has 3 rings (SSSR count). The number of benzene rings is 2. The normalized spacial score (nSPS) is 15.2. The molecule has 0 radical (unpaired) electrons. The van der Waals surface area contributed by atoms with Crippen molar-refractivity contribution in [2.75, 3.05) is 58.5 Å². The molecule has 7 heteroatoms. The standard InChI is InChI=1S/C26H37N3O4/c1-5-28-12-14-29(15-13-28)22-10-8-20(7-6-16-30)23(18-22)26(31)27-19(2)21-9-11-24(32-3)25(17-21)33-4/h8-11,17-19,30H,5-7,12-16H2,1-4H3,(H,27,31). The van der Waals surface area contributed by atoms with Crippen molar-refractivity contribution in [2.24, 2.45) is 0 Å². The van der Waals surface area contributed by atoms with Gasteiger partial charge in [-0.05, 0) is 61.7 Å². The average molecular weight is 456 g/mol. The maximum Gasteiger partial charge on any atom is 0.252 e. The summed E-state index contributed by atoms with van der Waals surface area (Å²) in [5.74, 6) is 1.18. The average Bonchev–Trinajstić information content (AvgIpc) is 2.86. The molecule has 2 aromatic rings. The van der Waals surface area contributed by atoms with E-state index in [1.807, 2.05) is 37.3 Å². The van der Waals surface area contributed by atoms with E-state index in [0.717, 1.165) is 49.5 Å². The fourth-order valence-corrected chi connectivity index (χ4v) is 4.26. The van der Waals surface area contributed by atoms with Gasteiger partial charge < -0.3 is 29.7 Å². The first-order valence-corrected chi connectivity index (χ1v) is 11.7. The summed E-state index contributed by atoms with van der Waals surface area (Å²) in [7, 11) is 3.20. The van der Waals surface area contributed by atoms with Crippen molar-refractivity contribution in [3.8, 4) is 11.5 Å². The number of likely N-dealkylation sites (N-methyl/N-ethyl adjacent to an activating group) is 1. The lowest BCUT2D eigenvalue weighted by atomic mass is 9.99. The highest BCUT2D eigenvalue weighted by molar-refractivity contribution is 5.97. The number of nitrogens with zero attached hydrogens (tertiary/aromatic N) is 2. The smallest absolute Gasteiger partial charge is 0.252 e. The van der Waals surface area contributed by atoms with Crippen molar-refractivity contribution < 1.29 is 19.4 Å². The number of carbonyl (C=O) groups excluding carboxylic acids is 1. The zero-order chi connectivity index (χ0) is 23.8. The highest BCUT2D eigenvalue weighted by Crippen LogP contribution is 2.30. The molecular weight excluding hydrogens is 418 g/mol. The molecule has 1 aliphatic rings. The monoisotopic (exact) mass is 455 g/mol. The zero-order valence-corrected chi connectivity index (χ0v) is 20.3. The van der Waals surface area contributed by atoms with Gasteiger partial charge in [-0.15, -0.1) is 0 Å². The molecule has 1 atom stereocenters. The van der Waals surface area contributed by atoms with E-state index < -0.39 is 0 Å². The lowest BCUT2D eigenvalue weighted by molar-refractivity contribution is 0.0938. The molecule has 2 N–H and O–H groups in total. The molecule has 1 fully saturated rings. The van der Waals surface area contributed by atoms with E-state index in [-0.39, 0.29) is 18.6 Å². The van der Waals surface area contributed by atoms with E-state index in [0.29, 0.717) is 29.9 Å². The number of aliphatic hydroxyl groups is 1. The highest BCUT2D eigenvalue weighted by Gasteiger charge is 2.20. The molecule has 0 aromatic heterocycles. The highest BCUT2D eigenvalue weighted by atomic mass is 16.5. The summed E-state index contributed by atoms with van der Waals surface area (Å²) >= 11 is 0. The van der Waals surface area contributed by atoms with Crippen LogP contribution in [0.2, 0.25) is 0 Å². The lowest BCUT2D eigenvalue weighted by Gasteiger charge is -2.35. The quantitative estimate of drug-likeness (QED) is 0.573. The molecule has 0 aliphatic carbocycles. The van der Waals surface area contributed by atoms with Gasteiger partial charge in [-0.1, -0.05) is 19.1 Å². The second-order valence-electron chi connectivity index (χ2n) is 8.40. The van der Waals surface area contributed by atoms with Crippen LogP contribution in [0.5, 0.6) is 11.5 Å². The Bertz CT molecular complexity index is 926. The van der Waals surface area contributed by atoms with Crippen molar-refractivity contribution >= 4 is 11.6 Å². The molecule has 1 unspecified atom stereocenters.